The van der Waals surface area contributed by atoms with Crippen LogP contribution in [0.1, 0.15) is 19.4 Å². The minimum Gasteiger partial charge on any atom is -0.408 e. The Morgan fingerprint density at radius 3 is 2.79 bits per heavy atom. The van der Waals surface area contributed by atoms with Crippen molar-refractivity contribution in [2.45, 2.75) is 26.0 Å². The van der Waals surface area contributed by atoms with E-state index in [-0.39, 0.29) is 5.91 Å². The van der Waals surface area contributed by atoms with Crippen LogP contribution in [0.25, 0.3) is 11.1 Å². The van der Waals surface area contributed by atoms with Gasteiger partial charge >= 0.3 is 5.76 Å². The fourth-order valence-electron chi connectivity index (χ4n) is 1.91. The van der Waals surface area contributed by atoms with Crippen LogP contribution in [0, 0.1) is 0 Å². The molecule has 0 saturated heterocycles. The van der Waals surface area contributed by atoms with Crippen LogP contribution in [0.3, 0.4) is 0 Å². The molecular weight excluding hydrogens is 248 g/mol. The average Bonchev–Trinajstić information content (AvgIpc) is 2.66. The quantitative estimate of drug-likeness (QED) is 0.860. The lowest BCUT2D eigenvalue weighted by Crippen LogP contribution is -2.42. The molecule has 6 heteroatoms. The van der Waals surface area contributed by atoms with Gasteiger partial charge in [0.15, 0.2) is 5.58 Å². The maximum Gasteiger partial charge on any atom is 0.417 e. The normalized spacial score (nSPS) is 11.8. The first kappa shape index (κ1) is 13.4. The lowest BCUT2D eigenvalue weighted by Gasteiger charge is -2.24. The first-order valence-electron chi connectivity index (χ1n) is 5.87. The van der Waals surface area contributed by atoms with Crippen molar-refractivity contribution in [2.24, 2.45) is 0 Å². The largest absolute Gasteiger partial charge is 0.417 e. The number of oxazole rings is 1. The second-order valence-electron chi connectivity index (χ2n) is 5.07. The number of carbonyl (C=O) groups excluding carboxylic acids is 1. The summed E-state index contributed by atoms with van der Waals surface area (Å²) < 4.78 is 4.90. The second kappa shape index (κ2) is 4.55. The molecule has 0 bridgehead atoms. The van der Waals surface area contributed by atoms with Gasteiger partial charge in [0, 0.05) is 13.6 Å². The number of benzene rings is 1. The van der Waals surface area contributed by atoms with Crippen LogP contribution in [0.4, 0.5) is 0 Å². The van der Waals surface area contributed by atoms with E-state index in [2.05, 4.69) is 4.98 Å². The van der Waals surface area contributed by atoms with Crippen molar-refractivity contribution < 1.29 is 14.3 Å². The third-order valence-corrected chi connectivity index (χ3v) is 2.77. The monoisotopic (exact) mass is 264 g/mol. The highest BCUT2D eigenvalue weighted by atomic mass is 16.4. The maximum absolute atomic E-state index is 11.8. The van der Waals surface area contributed by atoms with E-state index in [9.17, 15) is 14.7 Å². The number of aliphatic hydroxyl groups is 1. The lowest BCUT2D eigenvalue weighted by molar-refractivity contribution is -0.146. The number of nitrogens with one attached hydrogen (secondary N) is 1. The number of aromatic amines is 1. The van der Waals surface area contributed by atoms with Gasteiger partial charge in [0.1, 0.15) is 5.60 Å². The van der Waals surface area contributed by atoms with Crippen LogP contribution in [0.2, 0.25) is 0 Å². The van der Waals surface area contributed by atoms with Crippen molar-refractivity contribution in [3.63, 3.8) is 0 Å². The molecule has 2 N–H and O–H groups in total. The maximum atomic E-state index is 11.8. The van der Waals surface area contributed by atoms with Gasteiger partial charge in [-0.25, -0.2) is 4.79 Å². The van der Waals surface area contributed by atoms with Crippen molar-refractivity contribution in [1.82, 2.24) is 9.88 Å². The third kappa shape index (κ3) is 2.85. The number of likely N-dealkylation sites (N-methyl/N-ethyl adjacent to an activating group) is 1. The Bertz CT molecular complexity index is 663. The molecule has 2 rings (SSSR count). The summed E-state index contributed by atoms with van der Waals surface area (Å²) in [6.07, 6.45) is 0. The molecular formula is C13H16N2O4. The van der Waals surface area contributed by atoms with Gasteiger partial charge in [0.25, 0.3) is 5.91 Å². The smallest absolute Gasteiger partial charge is 0.408 e. The zero-order valence-electron chi connectivity index (χ0n) is 11.1. The minimum atomic E-state index is -1.40. The van der Waals surface area contributed by atoms with E-state index in [1.165, 1.54) is 18.7 Å². The van der Waals surface area contributed by atoms with Crippen molar-refractivity contribution in [1.29, 1.82) is 0 Å². The number of aromatic nitrogens is 1. The SMILES string of the molecule is CN(Cc1ccc2oc(=O)[nH]c2c1)C(=O)C(C)(C)O. The van der Waals surface area contributed by atoms with E-state index < -0.39 is 11.4 Å². The molecule has 1 heterocycles. The van der Waals surface area contributed by atoms with Crippen molar-refractivity contribution in [3.8, 4) is 0 Å². The van der Waals surface area contributed by atoms with E-state index in [0.29, 0.717) is 17.6 Å². The Labute approximate surface area is 109 Å². The van der Waals surface area contributed by atoms with Gasteiger partial charge in [-0.2, -0.15) is 0 Å². The Morgan fingerprint density at radius 1 is 1.47 bits per heavy atom. The summed E-state index contributed by atoms with van der Waals surface area (Å²) in [5, 5.41) is 9.66. The number of hydrogen-bond donors (Lipinski definition) is 2. The van der Waals surface area contributed by atoms with E-state index in [1.54, 1.807) is 25.2 Å². The van der Waals surface area contributed by atoms with E-state index >= 15 is 0 Å². The standard InChI is InChI=1S/C13H16N2O4/c1-13(2,18)11(16)15(3)7-8-4-5-10-9(6-8)14-12(17)19-10/h4-6,18H,7H2,1-3H3,(H,14,17). The number of rotatable bonds is 3. The molecule has 19 heavy (non-hydrogen) atoms. The van der Waals surface area contributed by atoms with E-state index in [0.717, 1.165) is 5.56 Å². The molecule has 0 saturated carbocycles. The van der Waals surface area contributed by atoms with E-state index in [4.69, 9.17) is 4.42 Å². The highest BCUT2D eigenvalue weighted by Gasteiger charge is 2.27. The van der Waals surface area contributed by atoms with Crippen LogP contribution in [-0.2, 0) is 11.3 Å². The molecule has 0 aliphatic rings. The molecule has 0 atom stereocenters. The number of nitrogens with zero attached hydrogens (tertiary/aromatic N) is 1. The molecule has 1 amide bonds. The fourth-order valence-corrected chi connectivity index (χ4v) is 1.91. The van der Waals surface area contributed by atoms with Crippen LogP contribution in [0.15, 0.2) is 27.4 Å². The van der Waals surface area contributed by atoms with Crippen LogP contribution >= 0.6 is 0 Å². The van der Waals surface area contributed by atoms with Gasteiger partial charge in [-0.3, -0.25) is 9.78 Å². The van der Waals surface area contributed by atoms with E-state index in [1.807, 2.05) is 0 Å². The number of H-pyrrole nitrogens is 1. The lowest BCUT2D eigenvalue weighted by atomic mass is 10.1. The summed E-state index contributed by atoms with van der Waals surface area (Å²) in [7, 11) is 1.61. The van der Waals surface area contributed by atoms with Crippen molar-refractivity contribution >= 4 is 17.0 Å². The molecule has 0 unspecified atom stereocenters. The van der Waals surface area contributed by atoms with Gasteiger partial charge in [-0.05, 0) is 31.5 Å². The van der Waals surface area contributed by atoms with Gasteiger partial charge in [0.05, 0.1) is 5.52 Å². The molecule has 2 aromatic rings. The van der Waals surface area contributed by atoms with Gasteiger partial charge in [-0.1, -0.05) is 6.07 Å². The summed E-state index contributed by atoms with van der Waals surface area (Å²) in [4.78, 5) is 26.9. The zero-order chi connectivity index (χ0) is 14.2. The van der Waals surface area contributed by atoms with Crippen LogP contribution < -0.4 is 5.76 Å². The predicted molar refractivity (Wildman–Crippen MR) is 69.6 cm³/mol. The van der Waals surface area contributed by atoms with Crippen LogP contribution in [0.5, 0.6) is 0 Å². The minimum absolute atomic E-state index is 0.339. The number of fused-ring (bicyclic) bond motifs is 1. The van der Waals surface area contributed by atoms with Gasteiger partial charge < -0.3 is 14.4 Å². The molecule has 1 aromatic heterocycles. The summed E-state index contributed by atoms with van der Waals surface area (Å²) in [6, 6.07) is 5.19. The molecule has 6 nitrogen and oxygen atoms in total. The van der Waals surface area contributed by atoms with Crippen LogP contribution in [-0.4, -0.2) is 33.5 Å². The Kier molecular flexibility index (Phi) is 3.20. The first-order valence-corrected chi connectivity index (χ1v) is 5.87. The average molecular weight is 264 g/mol. The summed E-state index contributed by atoms with van der Waals surface area (Å²) in [5.41, 5.74) is 0.504. The fraction of sp³-hybridized carbons (Fsp3) is 0.385. The highest BCUT2D eigenvalue weighted by molar-refractivity contribution is 5.84. The molecule has 0 fully saturated rings. The Hall–Kier alpha value is -2.08. The molecule has 0 spiro atoms. The Balaban J connectivity index is 2.21. The second-order valence-corrected chi connectivity index (χ2v) is 5.07. The summed E-state index contributed by atoms with van der Waals surface area (Å²) >= 11 is 0. The zero-order valence-corrected chi connectivity index (χ0v) is 11.1. The third-order valence-electron chi connectivity index (χ3n) is 2.77. The molecule has 1 aromatic carbocycles. The summed E-state index contributed by atoms with van der Waals surface area (Å²) in [6.45, 7) is 3.23. The first-order chi connectivity index (χ1) is 8.77. The Morgan fingerprint density at radius 2 is 2.16 bits per heavy atom. The van der Waals surface area contributed by atoms with Crippen molar-refractivity contribution in [3.05, 3.63) is 34.3 Å². The molecule has 0 radical (unpaired) electrons. The van der Waals surface area contributed by atoms with Gasteiger partial charge in [0.2, 0.25) is 0 Å². The number of carbonyl (C=O) groups is 1. The topological polar surface area (TPSA) is 86.5 Å². The molecule has 0 aliphatic heterocycles. The molecule has 102 valence electrons. The van der Waals surface area contributed by atoms with Crippen molar-refractivity contribution in [2.75, 3.05) is 7.05 Å². The highest BCUT2D eigenvalue weighted by Crippen LogP contribution is 2.15. The van der Waals surface area contributed by atoms with Gasteiger partial charge in [-0.15, -0.1) is 0 Å². The summed E-state index contributed by atoms with van der Waals surface area (Å²) in [5.74, 6) is -0.874. The predicted octanol–water partition coefficient (Wildman–Crippen LogP) is 0.850. The number of amides is 1. The molecule has 0 aliphatic carbocycles. The number of hydrogen-bond acceptors (Lipinski definition) is 4.